The highest BCUT2D eigenvalue weighted by atomic mass is 35.5. The molecular weight excluding hydrogens is 632 g/mol. The Morgan fingerprint density at radius 1 is 0.870 bits per heavy atom. The van der Waals surface area contributed by atoms with Crippen LogP contribution in [0.5, 0.6) is 11.5 Å². The fraction of sp³-hybridized carbons (Fsp3) is 0.394. The molecule has 3 aliphatic rings. The number of fused-ring (bicyclic) bond motifs is 1. The maximum Gasteiger partial charge on any atom is 0.411 e. The Hall–Kier alpha value is -3.84. The molecular formula is C33H37ClN4O7S. The lowest BCUT2D eigenvalue weighted by atomic mass is 9.86. The number of rotatable bonds is 7. The van der Waals surface area contributed by atoms with Crippen LogP contribution >= 0.6 is 11.6 Å². The summed E-state index contributed by atoms with van der Waals surface area (Å²) in [5, 5.41) is 0.202. The second-order valence-electron chi connectivity index (χ2n) is 11.7. The third kappa shape index (κ3) is 5.57. The maximum absolute atomic E-state index is 14.8. The first-order chi connectivity index (χ1) is 22.1. The molecule has 2 fully saturated rings. The van der Waals surface area contributed by atoms with Crippen molar-refractivity contribution < 1.29 is 32.2 Å². The number of halogens is 1. The zero-order valence-corrected chi connectivity index (χ0v) is 27.6. The summed E-state index contributed by atoms with van der Waals surface area (Å²) in [6.45, 7) is 4.23. The van der Waals surface area contributed by atoms with E-state index in [0.29, 0.717) is 42.3 Å². The molecule has 0 radical (unpaired) electrons. The molecule has 1 atom stereocenters. The Morgan fingerprint density at radius 2 is 1.54 bits per heavy atom. The highest BCUT2D eigenvalue weighted by Gasteiger charge is 2.60. The van der Waals surface area contributed by atoms with Crippen molar-refractivity contribution in [1.29, 1.82) is 0 Å². The third-order valence-corrected chi connectivity index (χ3v) is 11.1. The van der Waals surface area contributed by atoms with Crippen molar-refractivity contribution in [3.8, 4) is 11.5 Å². The Kier molecular flexibility index (Phi) is 8.90. The Labute approximate surface area is 274 Å². The molecule has 13 heteroatoms. The number of piperazine rings is 1. The number of anilines is 1. The Balaban J connectivity index is 1.39. The number of para-hydroxylation sites is 1. The van der Waals surface area contributed by atoms with Crippen LogP contribution in [0.25, 0.3) is 0 Å². The van der Waals surface area contributed by atoms with Crippen molar-refractivity contribution in [2.24, 2.45) is 0 Å². The Morgan fingerprint density at radius 3 is 2.20 bits per heavy atom. The van der Waals surface area contributed by atoms with E-state index in [2.05, 4.69) is 16.8 Å². The summed E-state index contributed by atoms with van der Waals surface area (Å²) in [6.07, 6.45) is 1.42. The first kappa shape index (κ1) is 32.1. The summed E-state index contributed by atoms with van der Waals surface area (Å²) in [7, 11) is 0.518. The molecule has 244 valence electrons. The van der Waals surface area contributed by atoms with Crippen molar-refractivity contribution in [1.82, 2.24) is 14.7 Å². The van der Waals surface area contributed by atoms with Crippen molar-refractivity contribution in [3.05, 3.63) is 82.9 Å². The van der Waals surface area contributed by atoms with Gasteiger partial charge >= 0.3 is 6.09 Å². The molecule has 0 N–H and O–H groups in total. The standard InChI is InChI=1S/C33H37ClN4O7S/c1-35-16-14-24(15-17-35)36-18-20-37(21-19-36)32(40)45-33(28-6-4-5-7-30(28)44-3)27-13-8-23(34)22-29(27)38(31(33)39)46(41,42)26-11-9-25(43-2)10-12-26/h4-13,22,24H,14-21H2,1-3H3. The van der Waals surface area contributed by atoms with E-state index >= 15 is 0 Å². The molecule has 0 aliphatic carbocycles. The van der Waals surface area contributed by atoms with Gasteiger partial charge in [0.15, 0.2) is 0 Å². The zero-order chi connectivity index (χ0) is 32.6. The number of carbonyl (C=O) groups excluding carboxylic acids is 2. The van der Waals surface area contributed by atoms with Crippen LogP contribution in [0.2, 0.25) is 5.02 Å². The number of likely N-dealkylation sites (tertiary alicyclic amines) is 1. The molecule has 2 amide bonds. The number of benzene rings is 3. The lowest BCUT2D eigenvalue weighted by Crippen LogP contribution is -2.55. The molecule has 0 bridgehead atoms. The monoisotopic (exact) mass is 668 g/mol. The first-order valence-electron chi connectivity index (χ1n) is 15.2. The van der Waals surface area contributed by atoms with Crippen LogP contribution in [-0.4, -0.2) is 102 Å². The van der Waals surface area contributed by atoms with Crippen LogP contribution in [-0.2, 0) is 25.2 Å². The summed E-state index contributed by atoms with van der Waals surface area (Å²) in [5.41, 5.74) is -1.86. The number of carbonyl (C=O) groups is 2. The lowest BCUT2D eigenvalue weighted by molar-refractivity contribution is -0.132. The first-order valence-corrected chi connectivity index (χ1v) is 17.0. The second-order valence-corrected chi connectivity index (χ2v) is 13.9. The Bertz CT molecular complexity index is 1720. The van der Waals surface area contributed by atoms with Gasteiger partial charge in [-0.1, -0.05) is 35.9 Å². The molecule has 46 heavy (non-hydrogen) atoms. The third-order valence-electron chi connectivity index (χ3n) is 9.14. The zero-order valence-electron chi connectivity index (χ0n) is 26.0. The number of piperidine rings is 1. The van der Waals surface area contributed by atoms with E-state index in [0.717, 1.165) is 25.9 Å². The van der Waals surface area contributed by atoms with Crippen LogP contribution in [0.3, 0.4) is 0 Å². The molecule has 2 saturated heterocycles. The van der Waals surface area contributed by atoms with Crippen LogP contribution in [0.1, 0.15) is 24.0 Å². The van der Waals surface area contributed by atoms with Crippen molar-refractivity contribution in [2.45, 2.75) is 29.4 Å². The molecule has 0 saturated carbocycles. The number of ether oxygens (including phenoxy) is 3. The van der Waals surface area contributed by atoms with Crippen LogP contribution < -0.4 is 13.8 Å². The molecule has 3 aromatic rings. The van der Waals surface area contributed by atoms with Crippen molar-refractivity contribution in [3.63, 3.8) is 0 Å². The molecule has 3 aromatic carbocycles. The minimum Gasteiger partial charge on any atom is -0.497 e. The molecule has 11 nitrogen and oxygen atoms in total. The molecule has 0 aromatic heterocycles. The predicted octanol–water partition coefficient (Wildman–Crippen LogP) is 4.18. The van der Waals surface area contributed by atoms with Gasteiger partial charge in [0.25, 0.3) is 15.9 Å². The molecule has 0 spiro atoms. The van der Waals surface area contributed by atoms with Gasteiger partial charge in [0.1, 0.15) is 11.5 Å². The molecule has 3 heterocycles. The quantitative estimate of drug-likeness (QED) is 0.366. The second kappa shape index (κ2) is 12.7. The van der Waals surface area contributed by atoms with Gasteiger partial charge in [-0.25, -0.2) is 13.2 Å². The van der Waals surface area contributed by atoms with Crippen molar-refractivity contribution in [2.75, 3.05) is 64.8 Å². The smallest absolute Gasteiger partial charge is 0.411 e. The van der Waals surface area contributed by atoms with Gasteiger partial charge in [0.2, 0.25) is 5.60 Å². The fourth-order valence-electron chi connectivity index (χ4n) is 6.60. The van der Waals surface area contributed by atoms with E-state index in [1.807, 2.05) is 0 Å². The molecule has 3 aliphatic heterocycles. The van der Waals surface area contributed by atoms with Gasteiger partial charge in [-0.3, -0.25) is 9.69 Å². The number of hydrogen-bond donors (Lipinski definition) is 0. The van der Waals surface area contributed by atoms with E-state index < -0.39 is 27.6 Å². The predicted molar refractivity (Wildman–Crippen MR) is 173 cm³/mol. The minimum atomic E-state index is -4.51. The minimum absolute atomic E-state index is 0.0147. The number of amides is 2. The molecule has 6 rings (SSSR count). The summed E-state index contributed by atoms with van der Waals surface area (Å²) in [5.74, 6) is -0.285. The van der Waals surface area contributed by atoms with Crippen LogP contribution in [0, 0.1) is 0 Å². The van der Waals surface area contributed by atoms with Gasteiger partial charge in [-0.15, -0.1) is 0 Å². The molecule has 1 unspecified atom stereocenters. The summed E-state index contributed by atoms with van der Waals surface area (Å²) >= 11 is 6.39. The maximum atomic E-state index is 14.8. The van der Waals surface area contributed by atoms with Gasteiger partial charge in [-0.05, 0) is 75.4 Å². The lowest BCUT2D eigenvalue weighted by Gasteiger charge is -2.42. The average Bonchev–Trinajstić information content (AvgIpc) is 3.32. The summed E-state index contributed by atoms with van der Waals surface area (Å²) in [4.78, 5) is 35.0. The highest BCUT2D eigenvalue weighted by Crippen LogP contribution is 2.52. The summed E-state index contributed by atoms with van der Waals surface area (Å²) < 4.78 is 46.2. The number of nitrogens with zero attached hydrogens (tertiary/aromatic N) is 4. The topological polar surface area (TPSA) is 109 Å². The fourth-order valence-corrected chi connectivity index (χ4v) is 8.22. The van der Waals surface area contributed by atoms with E-state index in [4.69, 9.17) is 25.8 Å². The van der Waals surface area contributed by atoms with Crippen molar-refractivity contribution >= 4 is 39.3 Å². The van der Waals surface area contributed by atoms with Gasteiger partial charge in [0.05, 0.1) is 30.4 Å². The van der Waals surface area contributed by atoms with Crippen LogP contribution in [0.4, 0.5) is 10.5 Å². The number of hydrogen-bond acceptors (Lipinski definition) is 9. The SMILES string of the molecule is COc1ccc(S(=O)(=O)N2C(=O)C(OC(=O)N3CCN(C4CCN(C)CC4)CC3)(c3ccccc3OC)c3ccc(Cl)cc32)cc1. The van der Waals surface area contributed by atoms with E-state index in [1.54, 1.807) is 29.2 Å². The number of sulfonamides is 1. The van der Waals surface area contributed by atoms with Crippen LogP contribution in [0.15, 0.2) is 71.6 Å². The van der Waals surface area contributed by atoms with E-state index in [9.17, 15) is 18.0 Å². The summed E-state index contributed by atoms with van der Waals surface area (Å²) in [6, 6.07) is 17.2. The van der Waals surface area contributed by atoms with Gasteiger partial charge < -0.3 is 24.0 Å². The van der Waals surface area contributed by atoms with Gasteiger partial charge in [-0.2, -0.15) is 4.31 Å². The van der Waals surface area contributed by atoms with Gasteiger partial charge in [0, 0.05) is 42.8 Å². The van der Waals surface area contributed by atoms with E-state index in [1.165, 1.54) is 56.7 Å². The number of methoxy groups -OCH3 is 2. The normalized spacial score (nSPS) is 21.3. The largest absolute Gasteiger partial charge is 0.497 e. The average molecular weight is 669 g/mol. The van der Waals surface area contributed by atoms with E-state index in [-0.39, 0.29) is 32.5 Å². The highest BCUT2D eigenvalue weighted by molar-refractivity contribution is 7.93.